The second kappa shape index (κ2) is 7.04. The van der Waals surface area contributed by atoms with E-state index in [1.54, 1.807) is 12.1 Å². The van der Waals surface area contributed by atoms with Crippen molar-refractivity contribution in [1.82, 2.24) is 0 Å². The lowest BCUT2D eigenvalue weighted by atomic mass is 9.93. The Morgan fingerprint density at radius 2 is 1.87 bits per heavy atom. The van der Waals surface area contributed by atoms with Crippen LogP contribution in [0.4, 0.5) is 0 Å². The minimum Gasteiger partial charge on any atom is -0.466 e. The minimum absolute atomic E-state index is 0.0937. The molecule has 0 radical (unpaired) electrons. The summed E-state index contributed by atoms with van der Waals surface area (Å²) in [5.74, 6) is -0.640. The molecule has 0 saturated heterocycles. The Morgan fingerprint density at radius 3 is 2.57 bits per heavy atom. The molecule has 1 aromatic carbocycles. The van der Waals surface area contributed by atoms with Gasteiger partial charge in [-0.3, -0.25) is 4.79 Å². The molecule has 1 aliphatic carbocycles. The van der Waals surface area contributed by atoms with Crippen molar-refractivity contribution >= 4 is 15.8 Å². The summed E-state index contributed by atoms with van der Waals surface area (Å²) >= 11 is 0. The Kier molecular flexibility index (Phi) is 5.50. The van der Waals surface area contributed by atoms with Crippen molar-refractivity contribution in [3.63, 3.8) is 0 Å². The Labute approximate surface area is 139 Å². The van der Waals surface area contributed by atoms with Crippen LogP contribution in [0.3, 0.4) is 0 Å². The molecule has 0 heterocycles. The molecule has 0 spiro atoms. The highest BCUT2D eigenvalue weighted by molar-refractivity contribution is 7.91. The predicted octanol–water partition coefficient (Wildman–Crippen LogP) is 3.32. The fourth-order valence-corrected chi connectivity index (χ4v) is 3.89. The summed E-state index contributed by atoms with van der Waals surface area (Å²) in [7, 11) is -3.43. The molecule has 0 aromatic heterocycles. The van der Waals surface area contributed by atoms with Crippen molar-refractivity contribution in [3.8, 4) is 0 Å². The molecule has 23 heavy (non-hydrogen) atoms. The highest BCUT2D eigenvalue weighted by Crippen LogP contribution is 2.25. The van der Waals surface area contributed by atoms with Crippen LogP contribution >= 0.6 is 0 Å². The topological polar surface area (TPSA) is 60.4 Å². The van der Waals surface area contributed by atoms with Gasteiger partial charge in [0, 0.05) is 0 Å². The van der Waals surface area contributed by atoms with Crippen LogP contribution in [0, 0.1) is 5.41 Å². The summed E-state index contributed by atoms with van der Waals surface area (Å²) in [4.78, 5) is 12.0. The number of esters is 1. The molecular weight excluding hydrogens is 312 g/mol. The van der Waals surface area contributed by atoms with Crippen molar-refractivity contribution in [2.24, 2.45) is 5.41 Å². The Balaban J connectivity index is 1.88. The van der Waals surface area contributed by atoms with Crippen LogP contribution in [0.25, 0.3) is 0 Å². The number of sulfone groups is 1. The zero-order valence-electron chi connectivity index (χ0n) is 14.2. The number of aryl methyl sites for hydroxylation is 2. The standard InChI is InChI=1S/C18H26O4S/c1-18(2,3)10-11-22-17(19)9-12-23(20,21)16-8-7-14-5-4-6-15(14)13-16/h7-8,13H,4-6,9-12H2,1-3H3. The molecule has 5 heteroatoms. The number of hydrogen-bond acceptors (Lipinski definition) is 4. The number of fused-ring (bicyclic) bond motifs is 1. The van der Waals surface area contributed by atoms with Crippen LogP contribution in [-0.2, 0) is 32.2 Å². The lowest BCUT2D eigenvalue weighted by Gasteiger charge is -2.17. The Bertz CT molecular complexity index is 669. The summed E-state index contributed by atoms with van der Waals surface area (Å²) < 4.78 is 29.8. The van der Waals surface area contributed by atoms with Gasteiger partial charge in [0.05, 0.1) is 23.7 Å². The van der Waals surface area contributed by atoms with Crippen LogP contribution in [-0.4, -0.2) is 26.7 Å². The maximum atomic E-state index is 12.4. The maximum absolute atomic E-state index is 12.4. The van der Waals surface area contributed by atoms with Crippen molar-refractivity contribution in [2.75, 3.05) is 12.4 Å². The van der Waals surface area contributed by atoms with E-state index in [0.29, 0.717) is 11.5 Å². The van der Waals surface area contributed by atoms with Gasteiger partial charge in [-0.05, 0) is 54.4 Å². The van der Waals surface area contributed by atoms with E-state index in [0.717, 1.165) is 31.2 Å². The van der Waals surface area contributed by atoms with Gasteiger partial charge in [0.2, 0.25) is 0 Å². The number of carbonyl (C=O) groups is 1. The van der Waals surface area contributed by atoms with Crippen molar-refractivity contribution < 1.29 is 17.9 Å². The number of benzene rings is 1. The Hall–Kier alpha value is -1.36. The van der Waals surface area contributed by atoms with Crippen LogP contribution < -0.4 is 0 Å². The van der Waals surface area contributed by atoms with E-state index in [1.807, 2.05) is 6.07 Å². The van der Waals surface area contributed by atoms with E-state index in [4.69, 9.17) is 4.74 Å². The first-order chi connectivity index (χ1) is 10.7. The van der Waals surface area contributed by atoms with Gasteiger partial charge in [-0.2, -0.15) is 0 Å². The molecule has 4 nitrogen and oxygen atoms in total. The van der Waals surface area contributed by atoms with E-state index in [-0.39, 0.29) is 17.6 Å². The quantitative estimate of drug-likeness (QED) is 0.747. The molecular formula is C18H26O4S. The van der Waals surface area contributed by atoms with Crippen molar-refractivity contribution in [3.05, 3.63) is 29.3 Å². The first-order valence-electron chi connectivity index (χ1n) is 8.18. The largest absolute Gasteiger partial charge is 0.466 e. The van der Waals surface area contributed by atoms with Crippen LogP contribution in [0.1, 0.15) is 51.2 Å². The lowest BCUT2D eigenvalue weighted by molar-refractivity contribution is -0.143. The second-order valence-electron chi connectivity index (χ2n) is 7.38. The van der Waals surface area contributed by atoms with Crippen LogP contribution in [0.2, 0.25) is 0 Å². The van der Waals surface area contributed by atoms with Gasteiger partial charge in [-0.25, -0.2) is 8.42 Å². The van der Waals surface area contributed by atoms with E-state index >= 15 is 0 Å². The first kappa shape index (κ1) is 18.0. The molecule has 0 aliphatic heterocycles. The molecule has 2 rings (SSSR count). The van der Waals surface area contributed by atoms with Gasteiger partial charge in [-0.1, -0.05) is 26.8 Å². The lowest BCUT2D eigenvalue weighted by Crippen LogP contribution is -2.16. The second-order valence-corrected chi connectivity index (χ2v) is 9.49. The SMILES string of the molecule is CC(C)(C)CCOC(=O)CCS(=O)(=O)c1ccc2c(c1)CCC2. The van der Waals surface area contributed by atoms with Gasteiger partial charge >= 0.3 is 5.97 Å². The zero-order chi connectivity index (χ0) is 17.1. The molecule has 1 aromatic rings. The molecule has 0 amide bonds. The molecule has 0 fully saturated rings. The molecule has 0 saturated carbocycles. The summed E-state index contributed by atoms with van der Waals surface area (Å²) in [6.45, 7) is 6.54. The summed E-state index contributed by atoms with van der Waals surface area (Å²) in [5.41, 5.74) is 2.46. The minimum atomic E-state index is -3.43. The van der Waals surface area contributed by atoms with Crippen LogP contribution in [0.5, 0.6) is 0 Å². The van der Waals surface area contributed by atoms with Gasteiger partial charge in [0.15, 0.2) is 9.84 Å². The van der Waals surface area contributed by atoms with Gasteiger partial charge < -0.3 is 4.74 Å². The number of hydrogen-bond donors (Lipinski definition) is 0. The highest BCUT2D eigenvalue weighted by Gasteiger charge is 2.20. The van der Waals surface area contributed by atoms with E-state index in [2.05, 4.69) is 20.8 Å². The van der Waals surface area contributed by atoms with Gasteiger partial charge in [0.1, 0.15) is 0 Å². The average molecular weight is 338 g/mol. The number of ether oxygens (including phenoxy) is 1. The van der Waals surface area contributed by atoms with E-state index in [9.17, 15) is 13.2 Å². The normalized spacial score (nSPS) is 14.6. The number of carbonyl (C=O) groups excluding carboxylic acids is 1. The maximum Gasteiger partial charge on any atom is 0.306 e. The summed E-state index contributed by atoms with van der Waals surface area (Å²) in [6.07, 6.45) is 3.71. The van der Waals surface area contributed by atoms with Crippen molar-refractivity contribution in [1.29, 1.82) is 0 Å². The van der Waals surface area contributed by atoms with E-state index < -0.39 is 15.8 Å². The summed E-state index contributed by atoms with van der Waals surface area (Å²) in [6, 6.07) is 5.32. The molecule has 1 aliphatic rings. The third-order valence-electron chi connectivity index (χ3n) is 4.12. The smallest absolute Gasteiger partial charge is 0.306 e. The summed E-state index contributed by atoms with van der Waals surface area (Å²) in [5, 5.41) is 0. The highest BCUT2D eigenvalue weighted by atomic mass is 32.2. The van der Waals surface area contributed by atoms with Crippen LogP contribution in [0.15, 0.2) is 23.1 Å². The fourth-order valence-electron chi connectivity index (χ4n) is 2.62. The molecule has 0 N–H and O–H groups in total. The third-order valence-corrected chi connectivity index (χ3v) is 5.83. The zero-order valence-corrected chi connectivity index (χ0v) is 15.0. The van der Waals surface area contributed by atoms with E-state index in [1.165, 1.54) is 5.56 Å². The van der Waals surface area contributed by atoms with Gasteiger partial charge in [0.25, 0.3) is 0 Å². The predicted molar refractivity (Wildman–Crippen MR) is 90.2 cm³/mol. The number of rotatable bonds is 6. The van der Waals surface area contributed by atoms with Gasteiger partial charge in [-0.15, -0.1) is 0 Å². The Morgan fingerprint density at radius 1 is 1.17 bits per heavy atom. The molecule has 128 valence electrons. The molecule has 0 atom stereocenters. The van der Waals surface area contributed by atoms with Crippen molar-refractivity contribution in [2.45, 2.75) is 57.8 Å². The third kappa shape index (κ3) is 5.34. The monoisotopic (exact) mass is 338 g/mol. The molecule has 0 bridgehead atoms. The first-order valence-corrected chi connectivity index (χ1v) is 9.83. The average Bonchev–Trinajstić information content (AvgIpc) is 2.91. The fraction of sp³-hybridized carbons (Fsp3) is 0.611. The molecule has 0 unspecified atom stereocenters.